The molecule has 0 bridgehead atoms. The van der Waals surface area contributed by atoms with E-state index in [2.05, 4.69) is 29.3 Å². The summed E-state index contributed by atoms with van der Waals surface area (Å²) in [7, 11) is 3.89. The van der Waals surface area contributed by atoms with Crippen molar-refractivity contribution < 1.29 is 8.78 Å². The minimum Gasteiger partial charge on any atom is -0.357 e. The van der Waals surface area contributed by atoms with Crippen molar-refractivity contribution in [3.05, 3.63) is 52.9 Å². The van der Waals surface area contributed by atoms with Gasteiger partial charge >= 0.3 is 0 Å². The zero-order chi connectivity index (χ0) is 20.0. The van der Waals surface area contributed by atoms with Crippen LogP contribution in [0.5, 0.6) is 0 Å². The molecule has 1 heterocycles. The van der Waals surface area contributed by atoms with Gasteiger partial charge in [0, 0.05) is 51.6 Å². The van der Waals surface area contributed by atoms with Crippen molar-refractivity contribution in [2.45, 2.75) is 39.7 Å². The number of nitrogens with zero attached hydrogens (tertiary/aromatic N) is 4. The summed E-state index contributed by atoms with van der Waals surface area (Å²) in [6.07, 6.45) is 2.45. The lowest BCUT2D eigenvalue weighted by Crippen LogP contribution is -2.38. The summed E-state index contributed by atoms with van der Waals surface area (Å²) in [6.45, 7) is 8.09. The lowest BCUT2D eigenvalue weighted by molar-refractivity contribution is 0.473. The summed E-state index contributed by atoms with van der Waals surface area (Å²) in [4.78, 5) is 6.63. The van der Waals surface area contributed by atoms with Crippen LogP contribution in [0.1, 0.15) is 43.5 Å². The average molecular weight is 505 g/mol. The molecule has 0 aliphatic carbocycles. The molecule has 1 N–H and O–H groups in total. The fraction of sp³-hybridized carbons (Fsp3) is 0.500. The van der Waals surface area contributed by atoms with Crippen LogP contribution in [0.15, 0.2) is 29.4 Å². The molecule has 2 aromatic rings. The summed E-state index contributed by atoms with van der Waals surface area (Å²) in [6, 6.07) is 3.66. The van der Waals surface area contributed by atoms with Crippen LogP contribution in [-0.4, -0.2) is 40.8 Å². The van der Waals surface area contributed by atoms with Crippen LogP contribution in [0.3, 0.4) is 0 Å². The van der Waals surface area contributed by atoms with Crippen molar-refractivity contribution >= 4 is 29.9 Å². The van der Waals surface area contributed by atoms with E-state index in [0.717, 1.165) is 29.8 Å². The van der Waals surface area contributed by atoms with Crippen LogP contribution in [-0.2, 0) is 20.0 Å². The molecule has 0 aliphatic rings. The smallest absolute Gasteiger partial charge is 0.193 e. The largest absolute Gasteiger partial charge is 0.357 e. The SMILES string of the molecule is CCNC(=NCCc1ccc(F)cc1F)N(C)Cc1cn(C)nc1C(C)C.I. The van der Waals surface area contributed by atoms with Crippen LogP contribution in [0.25, 0.3) is 0 Å². The van der Waals surface area contributed by atoms with Gasteiger partial charge in [0.1, 0.15) is 11.6 Å². The van der Waals surface area contributed by atoms with Crippen LogP contribution < -0.4 is 5.32 Å². The second kappa shape index (κ2) is 11.3. The number of nitrogens with one attached hydrogen (secondary N) is 1. The summed E-state index contributed by atoms with van der Waals surface area (Å²) in [5, 5.41) is 7.81. The Kier molecular flexibility index (Phi) is 9.84. The minimum atomic E-state index is -0.565. The van der Waals surface area contributed by atoms with Gasteiger partial charge in [0.15, 0.2) is 5.96 Å². The van der Waals surface area contributed by atoms with E-state index in [9.17, 15) is 8.78 Å². The van der Waals surface area contributed by atoms with Crippen LogP contribution in [0.4, 0.5) is 8.78 Å². The first-order valence-electron chi connectivity index (χ1n) is 9.27. The molecule has 5 nitrogen and oxygen atoms in total. The normalized spacial score (nSPS) is 11.5. The summed E-state index contributed by atoms with van der Waals surface area (Å²) < 4.78 is 28.6. The van der Waals surface area contributed by atoms with Crippen LogP contribution in [0.2, 0.25) is 0 Å². The van der Waals surface area contributed by atoms with Crippen molar-refractivity contribution in [2.75, 3.05) is 20.1 Å². The van der Waals surface area contributed by atoms with Gasteiger partial charge in [-0.15, -0.1) is 24.0 Å². The maximum atomic E-state index is 13.8. The fourth-order valence-electron chi connectivity index (χ4n) is 2.97. The number of halogens is 3. The Hall–Kier alpha value is -1.71. The molecular weight excluding hydrogens is 475 g/mol. The topological polar surface area (TPSA) is 45.5 Å². The van der Waals surface area contributed by atoms with Gasteiger partial charge in [-0.25, -0.2) is 8.78 Å². The van der Waals surface area contributed by atoms with E-state index in [1.807, 2.05) is 36.8 Å². The summed E-state index contributed by atoms with van der Waals surface area (Å²) in [5.74, 6) is -0.0000977. The highest BCUT2D eigenvalue weighted by Gasteiger charge is 2.15. The zero-order valence-electron chi connectivity index (χ0n) is 17.2. The third-order valence-electron chi connectivity index (χ3n) is 4.25. The number of hydrogen-bond acceptors (Lipinski definition) is 2. The molecule has 0 aliphatic heterocycles. The Morgan fingerprint density at radius 1 is 1.29 bits per heavy atom. The predicted octanol–water partition coefficient (Wildman–Crippen LogP) is 4.08. The fourth-order valence-corrected chi connectivity index (χ4v) is 2.97. The molecule has 8 heteroatoms. The van der Waals surface area contributed by atoms with Crippen LogP contribution in [0, 0.1) is 11.6 Å². The summed E-state index contributed by atoms with van der Waals surface area (Å²) >= 11 is 0. The highest BCUT2D eigenvalue weighted by molar-refractivity contribution is 14.0. The molecular formula is C20H30F2IN5. The number of aryl methyl sites for hydroxylation is 1. The number of hydrogen-bond donors (Lipinski definition) is 1. The lowest BCUT2D eigenvalue weighted by Gasteiger charge is -2.22. The molecule has 0 saturated heterocycles. The second-order valence-corrected chi connectivity index (χ2v) is 6.95. The standard InChI is InChI=1S/C20H29F2N5.HI/c1-6-23-20(24-10-9-15-7-8-17(21)11-18(15)22)26(4)12-16-13-27(5)25-19(16)14(2)3;/h7-8,11,13-14H,6,9-10,12H2,1-5H3,(H,23,24);1H. The van der Waals surface area contributed by atoms with Crippen molar-refractivity contribution in [3.63, 3.8) is 0 Å². The van der Waals surface area contributed by atoms with Gasteiger partial charge in [-0.2, -0.15) is 5.10 Å². The van der Waals surface area contributed by atoms with E-state index in [4.69, 9.17) is 0 Å². The van der Waals surface area contributed by atoms with Gasteiger partial charge in [0.05, 0.1) is 5.69 Å². The maximum Gasteiger partial charge on any atom is 0.193 e. The Morgan fingerprint density at radius 3 is 2.61 bits per heavy atom. The zero-order valence-corrected chi connectivity index (χ0v) is 19.5. The number of benzene rings is 1. The minimum absolute atomic E-state index is 0. The number of guanidine groups is 1. The monoisotopic (exact) mass is 505 g/mol. The third-order valence-corrected chi connectivity index (χ3v) is 4.25. The third kappa shape index (κ3) is 6.72. The van der Waals surface area contributed by atoms with Crippen molar-refractivity contribution in [3.8, 4) is 0 Å². The molecule has 1 aromatic heterocycles. The highest BCUT2D eigenvalue weighted by atomic mass is 127. The molecule has 0 radical (unpaired) electrons. The van der Waals surface area contributed by atoms with Crippen molar-refractivity contribution in [1.82, 2.24) is 20.0 Å². The molecule has 0 amide bonds. The number of aromatic nitrogens is 2. The number of rotatable bonds is 7. The molecule has 0 spiro atoms. The Labute approximate surface area is 183 Å². The van der Waals surface area contributed by atoms with E-state index in [0.29, 0.717) is 31.0 Å². The Morgan fingerprint density at radius 2 is 2.00 bits per heavy atom. The molecule has 0 saturated carbocycles. The average Bonchev–Trinajstić information content (AvgIpc) is 2.96. The molecule has 156 valence electrons. The first-order valence-corrected chi connectivity index (χ1v) is 9.27. The maximum absolute atomic E-state index is 13.8. The molecule has 28 heavy (non-hydrogen) atoms. The Balaban J connectivity index is 0.00000392. The Bertz CT molecular complexity index is 789. The van der Waals surface area contributed by atoms with Crippen LogP contribution >= 0.6 is 24.0 Å². The first-order chi connectivity index (χ1) is 12.8. The molecule has 2 rings (SSSR count). The van der Waals surface area contributed by atoms with Crippen molar-refractivity contribution in [2.24, 2.45) is 12.0 Å². The van der Waals surface area contributed by atoms with Gasteiger partial charge in [-0.1, -0.05) is 19.9 Å². The number of aliphatic imine (C=N–C) groups is 1. The first kappa shape index (κ1) is 24.3. The van der Waals surface area contributed by atoms with E-state index in [1.165, 1.54) is 12.1 Å². The van der Waals surface area contributed by atoms with Gasteiger partial charge in [0.25, 0.3) is 0 Å². The lowest BCUT2D eigenvalue weighted by atomic mass is 10.1. The quantitative estimate of drug-likeness (QED) is 0.351. The van der Waals surface area contributed by atoms with E-state index in [1.54, 1.807) is 0 Å². The molecule has 0 unspecified atom stereocenters. The van der Waals surface area contributed by atoms with E-state index < -0.39 is 11.6 Å². The van der Waals surface area contributed by atoms with Gasteiger partial charge in [-0.05, 0) is 30.9 Å². The highest BCUT2D eigenvalue weighted by Crippen LogP contribution is 2.18. The van der Waals surface area contributed by atoms with Gasteiger partial charge < -0.3 is 10.2 Å². The van der Waals surface area contributed by atoms with Crippen molar-refractivity contribution in [1.29, 1.82) is 0 Å². The molecule has 1 aromatic carbocycles. The second-order valence-electron chi connectivity index (χ2n) is 6.95. The molecule has 0 fully saturated rings. The van der Waals surface area contributed by atoms with Gasteiger partial charge in [0.2, 0.25) is 0 Å². The molecule has 0 atom stereocenters. The van der Waals surface area contributed by atoms with E-state index >= 15 is 0 Å². The predicted molar refractivity (Wildman–Crippen MR) is 120 cm³/mol. The van der Waals surface area contributed by atoms with E-state index in [-0.39, 0.29) is 24.0 Å². The summed E-state index contributed by atoms with van der Waals surface area (Å²) in [5.41, 5.74) is 2.70. The van der Waals surface area contributed by atoms with Gasteiger partial charge in [-0.3, -0.25) is 9.67 Å².